The maximum atomic E-state index is 12.3. The molecule has 24 heavy (non-hydrogen) atoms. The van der Waals surface area contributed by atoms with Crippen LogP contribution in [0.4, 0.5) is 17.2 Å². The molecule has 1 aromatic heterocycles. The lowest BCUT2D eigenvalue weighted by atomic mass is 10.2. The molecule has 0 bridgehead atoms. The van der Waals surface area contributed by atoms with Crippen molar-refractivity contribution in [1.29, 1.82) is 0 Å². The molecule has 0 aliphatic carbocycles. The largest absolute Gasteiger partial charge is 0.376 e. The number of anilines is 3. The van der Waals surface area contributed by atoms with E-state index < -0.39 is 0 Å². The van der Waals surface area contributed by atoms with Gasteiger partial charge in [0.05, 0.1) is 17.6 Å². The Balaban J connectivity index is 1.66. The van der Waals surface area contributed by atoms with Crippen LogP contribution in [0.5, 0.6) is 0 Å². The van der Waals surface area contributed by atoms with E-state index >= 15 is 0 Å². The molecule has 0 saturated carbocycles. The monoisotopic (exact) mass is 323 g/mol. The highest BCUT2D eigenvalue weighted by Gasteiger charge is 2.13. The predicted molar refractivity (Wildman–Crippen MR) is 98.0 cm³/mol. The van der Waals surface area contributed by atoms with E-state index in [1.165, 1.54) is 0 Å². The van der Waals surface area contributed by atoms with Crippen molar-refractivity contribution in [3.8, 4) is 0 Å². The van der Waals surface area contributed by atoms with Gasteiger partial charge in [0.15, 0.2) is 0 Å². The minimum atomic E-state index is -0.173. The normalized spacial score (nSPS) is 13.6. The first kappa shape index (κ1) is 16.0. The lowest BCUT2D eigenvalue weighted by molar-refractivity contribution is 0.102. The summed E-state index contributed by atoms with van der Waals surface area (Å²) < 4.78 is 0. The molecule has 6 nitrogen and oxygen atoms in total. The van der Waals surface area contributed by atoms with E-state index in [1.807, 2.05) is 61.3 Å². The second-order valence-electron chi connectivity index (χ2n) is 6.01. The van der Waals surface area contributed by atoms with Crippen LogP contribution >= 0.6 is 0 Å². The summed E-state index contributed by atoms with van der Waals surface area (Å²) in [5.74, 6) is 0.363. The van der Waals surface area contributed by atoms with E-state index in [1.54, 1.807) is 12.3 Å². The number of hydrogen-bond acceptors (Lipinski definition) is 5. The van der Waals surface area contributed by atoms with Gasteiger partial charge in [-0.05, 0) is 43.3 Å². The highest BCUT2D eigenvalue weighted by atomic mass is 16.1. The standard InChI is InChI=1S/C18H21N5O/c1-13-10-11-23(21-13)15-6-4-14(5-7-15)18(24)20-17-9-8-16(12-19-17)22(2)3/h4-9,12H,10-11H2,1-3H3,(H,19,20,24). The van der Waals surface area contributed by atoms with Crippen LogP contribution < -0.4 is 15.2 Å². The first-order chi connectivity index (χ1) is 11.5. The first-order valence-electron chi connectivity index (χ1n) is 7.89. The molecule has 1 aromatic carbocycles. The number of pyridine rings is 1. The molecular weight excluding hydrogens is 302 g/mol. The van der Waals surface area contributed by atoms with Gasteiger partial charge < -0.3 is 10.2 Å². The zero-order valence-corrected chi connectivity index (χ0v) is 14.2. The molecule has 0 atom stereocenters. The van der Waals surface area contributed by atoms with E-state index in [9.17, 15) is 4.79 Å². The summed E-state index contributed by atoms with van der Waals surface area (Å²) in [4.78, 5) is 18.5. The van der Waals surface area contributed by atoms with Crippen molar-refractivity contribution in [2.75, 3.05) is 35.9 Å². The third kappa shape index (κ3) is 3.53. The average molecular weight is 323 g/mol. The Morgan fingerprint density at radius 1 is 1.17 bits per heavy atom. The smallest absolute Gasteiger partial charge is 0.256 e. The van der Waals surface area contributed by atoms with Crippen LogP contribution in [0.25, 0.3) is 0 Å². The molecule has 2 heterocycles. The molecule has 0 spiro atoms. The second-order valence-corrected chi connectivity index (χ2v) is 6.01. The molecule has 124 valence electrons. The van der Waals surface area contributed by atoms with Gasteiger partial charge in [0.1, 0.15) is 5.82 Å². The number of aromatic nitrogens is 1. The van der Waals surface area contributed by atoms with Gasteiger partial charge in [-0.25, -0.2) is 4.98 Å². The number of hydrazone groups is 1. The van der Waals surface area contributed by atoms with Gasteiger partial charge in [0.2, 0.25) is 0 Å². The van der Waals surface area contributed by atoms with Crippen LogP contribution in [0.1, 0.15) is 23.7 Å². The molecular formula is C18H21N5O. The van der Waals surface area contributed by atoms with Gasteiger partial charge in [-0.15, -0.1) is 0 Å². The van der Waals surface area contributed by atoms with Gasteiger partial charge in [0.25, 0.3) is 5.91 Å². The van der Waals surface area contributed by atoms with E-state index in [0.29, 0.717) is 11.4 Å². The second kappa shape index (κ2) is 6.70. The van der Waals surface area contributed by atoms with Gasteiger partial charge in [-0.2, -0.15) is 5.10 Å². The predicted octanol–water partition coefficient (Wildman–Crippen LogP) is 2.99. The summed E-state index contributed by atoms with van der Waals surface area (Å²) in [7, 11) is 3.89. The molecule has 3 rings (SSSR count). The van der Waals surface area contributed by atoms with E-state index in [0.717, 1.165) is 30.1 Å². The summed E-state index contributed by atoms with van der Waals surface area (Å²) in [5.41, 5.74) is 3.71. The third-order valence-electron chi connectivity index (χ3n) is 3.91. The van der Waals surface area contributed by atoms with Crippen molar-refractivity contribution in [2.24, 2.45) is 5.10 Å². The maximum absolute atomic E-state index is 12.3. The van der Waals surface area contributed by atoms with E-state index in [4.69, 9.17) is 0 Å². The molecule has 6 heteroatoms. The Bertz CT molecular complexity index is 750. The number of benzene rings is 1. The Kier molecular flexibility index (Phi) is 4.46. The molecule has 0 fully saturated rings. The number of nitrogens with zero attached hydrogens (tertiary/aromatic N) is 4. The highest BCUT2D eigenvalue weighted by Crippen LogP contribution is 2.20. The molecule has 0 unspecified atom stereocenters. The highest BCUT2D eigenvalue weighted by molar-refractivity contribution is 6.04. The summed E-state index contributed by atoms with van der Waals surface area (Å²) >= 11 is 0. The Morgan fingerprint density at radius 3 is 2.46 bits per heavy atom. The first-order valence-corrected chi connectivity index (χ1v) is 7.89. The van der Waals surface area contributed by atoms with Crippen LogP contribution in [0.15, 0.2) is 47.7 Å². The minimum Gasteiger partial charge on any atom is -0.376 e. The van der Waals surface area contributed by atoms with Gasteiger partial charge in [-0.3, -0.25) is 9.80 Å². The average Bonchev–Trinajstić information content (AvgIpc) is 3.02. The fourth-order valence-electron chi connectivity index (χ4n) is 2.46. The molecule has 1 aliphatic heterocycles. The topological polar surface area (TPSA) is 60.8 Å². The number of rotatable bonds is 4. The van der Waals surface area contributed by atoms with Crippen LogP contribution in [0, 0.1) is 0 Å². The fraction of sp³-hybridized carbons (Fsp3) is 0.278. The van der Waals surface area contributed by atoms with Crippen molar-refractivity contribution in [3.63, 3.8) is 0 Å². The van der Waals surface area contributed by atoms with Crippen LogP contribution in [-0.4, -0.2) is 37.2 Å². The zero-order valence-electron chi connectivity index (χ0n) is 14.2. The molecule has 1 N–H and O–H groups in total. The van der Waals surface area contributed by atoms with Crippen LogP contribution in [-0.2, 0) is 0 Å². The quantitative estimate of drug-likeness (QED) is 0.939. The molecule has 0 radical (unpaired) electrons. The van der Waals surface area contributed by atoms with Crippen molar-refractivity contribution in [2.45, 2.75) is 13.3 Å². The zero-order chi connectivity index (χ0) is 17.1. The third-order valence-corrected chi connectivity index (χ3v) is 3.91. The van der Waals surface area contributed by atoms with Crippen molar-refractivity contribution >= 4 is 28.8 Å². The number of nitrogens with one attached hydrogen (secondary N) is 1. The Labute approximate surface area is 141 Å². The van der Waals surface area contributed by atoms with Crippen molar-refractivity contribution in [3.05, 3.63) is 48.2 Å². The lowest BCUT2D eigenvalue weighted by Crippen LogP contribution is -2.15. The number of carbonyl (C=O) groups is 1. The van der Waals surface area contributed by atoms with Gasteiger partial charge in [-0.1, -0.05) is 0 Å². The fourth-order valence-corrected chi connectivity index (χ4v) is 2.46. The summed E-state index contributed by atoms with van der Waals surface area (Å²) in [6.07, 6.45) is 2.71. The Hall–Kier alpha value is -2.89. The summed E-state index contributed by atoms with van der Waals surface area (Å²) in [5, 5.41) is 9.23. The number of amides is 1. The lowest BCUT2D eigenvalue weighted by Gasteiger charge is -2.14. The van der Waals surface area contributed by atoms with Gasteiger partial charge in [0, 0.05) is 38.3 Å². The van der Waals surface area contributed by atoms with Gasteiger partial charge >= 0.3 is 0 Å². The number of carbonyl (C=O) groups excluding carboxylic acids is 1. The molecule has 1 aliphatic rings. The van der Waals surface area contributed by atoms with E-state index in [-0.39, 0.29) is 5.91 Å². The maximum Gasteiger partial charge on any atom is 0.256 e. The summed E-state index contributed by atoms with van der Waals surface area (Å²) in [6.45, 7) is 2.91. The molecule has 0 saturated heterocycles. The minimum absolute atomic E-state index is 0.173. The van der Waals surface area contributed by atoms with E-state index in [2.05, 4.69) is 15.4 Å². The van der Waals surface area contributed by atoms with Crippen molar-refractivity contribution in [1.82, 2.24) is 4.98 Å². The van der Waals surface area contributed by atoms with Crippen LogP contribution in [0.2, 0.25) is 0 Å². The number of hydrogen-bond donors (Lipinski definition) is 1. The Morgan fingerprint density at radius 2 is 1.92 bits per heavy atom. The SMILES string of the molecule is CC1=NN(c2ccc(C(=O)Nc3ccc(N(C)C)cn3)cc2)CC1. The summed E-state index contributed by atoms with van der Waals surface area (Å²) in [6, 6.07) is 11.2. The van der Waals surface area contributed by atoms with Crippen molar-refractivity contribution < 1.29 is 4.79 Å². The molecule has 2 aromatic rings. The molecule has 1 amide bonds. The van der Waals surface area contributed by atoms with Crippen LogP contribution in [0.3, 0.4) is 0 Å².